The van der Waals surface area contributed by atoms with Gasteiger partial charge in [0, 0.05) is 5.69 Å². The minimum atomic E-state index is -0.218. The van der Waals surface area contributed by atoms with Gasteiger partial charge in [-0.25, -0.2) is 4.39 Å². The van der Waals surface area contributed by atoms with Gasteiger partial charge in [0.2, 0.25) is 0 Å². The maximum atomic E-state index is 13.0. The van der Waals surface area contributed by atoms with Crippen molar-refractivity contribution in [2.45, 2.75) is 90.4 Å². The summed E-state index contributed by atoms with van der Waals surface area (Å²) < 4.78 is 18.6. The van der Waals surface area contributed by atoms with Gasteiger partial charge in [-0.1, -0.05) is 64.0 Å². The van der Waals surface area contributed by atoms with Crippen LogP contribution in [0, 0.1) is 17.7 Å². The summed E-state index contributed by atoms with van der Waals surface area (Å²) in [5.74, 6) is 1.00. The first-order valence-corrected chi connectivity index (χ1v) is 12.5. The summed E-state index contributed by atoms with van der Waals surface area (Å²) in [4.78, 5) is 17.0. The second kappa shape index (κ2) is 13.3. The number of hydrogen-bond acceptors (Lipinski definition) is 3. The Bertz CT molecular complexity index is 795. The van der Waals surface area contributed by atoms with Gasteiger partial charge in [-0.2, -0.15) is 0 Å². The Balaban J connectivity index is 1.33. The molecule has 0 unspecified atom stereocenters. The number of ether oxygens (including phenoxy) is 1. The number of aryl methyl sites for hydroxylation is 2. The van der Waals surface area contributed by atoms with E-state index in [1.807, 2.05) is 12.1 Å². The van der Waals surface area contributed by atoms with Crippen molar-refractivity contribution in [3.05, 3.63) is 59.7 Å². The number of rotatable bonds is 12. The lowest BCUT2D eigenvalue weighted by Crippen LogP contribution is -2.25. The Morgan fingerprint density at radius 2 is 1.66 bits per heavy atom. The third-order valence-corrected chi connectivity index (χ3v) is 6.75. The van der Waals surface area contributed by atoms with E-state index >= 15 is 0 Å². The zero-order chi connectivity index (χ0) is 22.6. The van der Waals surface area contributed by atoms with E-state index in [-0.39, 0.29) is 17.7 Å². The van der Waals surface area contributed by atoms with E-state index < -0.39 is 0 Å². The Morgan fingerprint density at radius 3 is 2.34 bits per heavy atom. The number of esters is 1. The van der Waals surface area contributed by atoms with Crippen molar-refractivity contribution in [2.75, 3.05) is 0 Å². The molecule has 3 rings (SSSR count). The van der Waals surface area contributed by atoms with Crippen LogP contribution in [0.25, 0.3) is 0 Å². The lowest BCUT2D eigenvalue weighted by atomic mass is 9.80. The highest BCUT2D eigenvalue weighted by molar-refractivity contribution is 5.75. The van der Waals surface area contributed by atoms with Gasteiger partial charge >= 0.3 is 5.97 Å². The molecular formula is C28H38FNO2. The predicted molar refractivity (Wildman–Crippen MR) is 127 cm³/mol. The molecule has 0 N–H and O–H groups in total. The number of carbonyl (C=O) groups is 1. The topological polar surface area (TPSA) is 39.2 Å². The smallest absolute Gasteiger partial charge is 0.314 e. The van der Waals surface area contributed by atoms with E-state index in [4.69, 9.17) is 4.74 Å². The second-order valence-corrected chi connectivity index (χ2v) is 9.31. The highest BCUT2D eigenvalue weighted by atomic mass is 19.1. The molecule has 2 aromatic rings. The molecule has 0 atom stereocenters. The van der Waals surface area contributed by atoms with Crippen molar-refractivity contribution in [1.29, 1.82) is 0 Å². The van der Waals surface area contributed by atoms with Crippen molar-refractivity contribution >= 4 is 5.97 Å². The molecule has 0 amide bonds. The van der Waals surface area contributed by atoms with Gasteiger partial charge in [0.25, 0.3) is 0 Å². The number of nitrogens with zero attached hydrogens (tertiary/aromatic N) is 1. The van der Waals surface area contributed by atoms with Crippen LogP contribution in [0.15, 0.2) is 42.6 Å². The molecule has 1 fully saturated rings. The van der Waals surface area contributed by atoms with E-state index in [9.17, 15) is 9.18 Å². The number of hydrogen-bond donors (Lipinski definition) is 0. The fraction of sp³-hybridized carbons (Fsp3) is 0.571. The monoisotopic (exact) mass is 439 g/mol. The molecule has 0 radical (unpaired) electrons. The van der Waals surface area contributed by atoms with E-state index in [2.05, 4.69) is 11.9 Å². The fourth-order valence-electron chi connectivity index (χ4n) is 4.64. The predicted octanol–water partition coefficient (Wildman–Crippen LogP) is 7.47. The third-order valence-electron chi connectivity index (χ3n) is 6.75. The summed E-state index contributed by atoms with van der Waals surface area (Å²) in [6, 6.07) is 10.3. The van der Waals surface area contributed by atoms with Crippen LogP contribution >= 0.6 is 0 Å². The molecule has 1 aromatic heterocycles. The lowest BCUT2D eigenvalue weighted by Gasteiger charge is -2.27. The van der Waals surface area contributed by atoms with Crippen LogP contribution < -0.4 is 4.74 Å². The maximum absolute atomic E-state index is 13.0. The van der Waals surface area contributed by atoms with Gasteiger partial charge in [-0.3, -0.25) is 9.78 Å². The van der Waals surface area contributed by atoms with Gasteiger partial charge < -0.3 is 4.74 Å². The van der Waals surface area contributed by atoms with Gasteiger partial charge in [0.1, 0.15) is 11.6 Å². The van der Waals surface area contributed by atoms with Crippen molar-refractivity contribution in [2.24, 2.45) is 11.8 Å². The molecule has 174 valence electrons. The highest BCUT2D eigenvalue weighted by Crippen LogP contribution is 2.33. The zero-order valence-corrected chi connectivity index (χ0v) is 19.5. The van der Waals surface area contributed by atoms with Gasteiger partial charge in [0.05, 0.1) is 12.1 Å². The average molecular weight is 440 g/mol. The molecular weight excluding hydrogens is 401 g/mol. The van der Waals surface area contributed by atoms with Crippen molar-refractivity contribution in [1.82, 2.24) is 4.98 Å². The maximum Gasteiger partial charge on any atom is 0.314 e. The number of unbranched alkanes of at least 4 members (excludes halogenated alkanes) is 5. The van der Waals surface area contributed by atoms with Crippen LogP contribution in [0.5, 0.6) is 5.75 Å². The van der Waals surface area contributed by atoms with Crippen LogP contribution in [0.1, 0.15) is 88.8 Å². The Labute approximate surface area is 192 Å². The molecule has 0 saturated heterocycles. The third kappa shape index (κ3) is 8.37. The summed E-state index contributed by atoms with van der Waals surface area (Å²) in [6.45, 7) is 2.26. The summed E-state index contributed by atoms with van der Waals surface area (Å²) in [5, 5.41) is 0. The van der Waals surface area contributed by atoms with Crippen molar-refractivity contribution in [3.63, 3.8) is 0 Å². The second-order valence-electron chi connectivity index (χ2n) is 9.31. The molecule has 3 nitrogen and oxygen atoms in total. The first-order chi connectivity index (χ1) is 15.6. The van der Waals surface area contributed by atoms with Crippen LogP contribution in [0.4, 0.5) is 4.39 Å². The summed E-state index contributed by atoms with van der Waals surface area (Å²) >= 11 is 0. The zero-order valence-electron chi connectivity index (χ0n) is 19.5. The number of pyridine rings is 1. The molecule has 1 heterocycles. The molecule has 0 aliphatic heterocycles. The van der Waals surface area contributed by atoms with Crippen LogP contribution in [0.3, 0.4) is 0 Å². The number of benzene rings is 1. The molecule has 32 heavy (non-hydrogen) atoms. The Morgan fingerprint density at radius 1 is 0.938 bits per heavy atom. The number of halogens is 1. The number of carbonyl (C=O) groups excluding carboxylic acids is 1. The van der Waals surface area contributed by atoms with Crippen LogP contribution in [-0.2, 0) is 17.6 Å². The molecule has 0 spiro atoms. The first kappa shape index (κ1) is 24.4. The van der Waals surface area contributed by atoms with Crippen LogP contribution in [-0.4, -0.2) is 11.0 Å². The normalized spacial score (nSPS) is 18.4. The van der Waals surface area contributed by atoms with E-state index in [1.54, 1.807) is 18.3 Å². The Kier molecular flexibility index (Phi) is 10.2. The lowest BCUT2D eigenvalue weighted by molar-refractivity contribution is -0.140. The SMILES string of the molecule is CCCCCCCCC1CCC(C(=O)Oc2ccc(CCc3ccc(F)cc3)nc2)CC1. The van der Waals surface area contributed by atoms with Gasteiger partial charge in [-0.15, -0.1) is 0 Å². The minimum absolute atomic E-state index is 0.0222. The number of aromatic nitrogens is 1. The molecule has 4 heteroatoms. The minimum Gasteiger partial charge on any atom is -0.425 e. The summed E-state index contributed by atoms with van der Waals surface area (Å²) in [7, 11) is 0. The quantitative estimate of drug-likeness (QED) is 0.254. The standard InChI is InChI=1S/C28H38FNO2/c1-2-3-4-5-6-7-8-22-9-14-24(15-10-22)28(31)32-27-20-19-26(30-21-27)18-13-23-11-16-25(29)17-12-23/h11-12,16-17,19-22,24H,2-10,13-15,18H2,1H3. The molecule has 1 aliphatic rings. The largest absolute Gasteiger partial charge is 0.425 e. The summed E-state index contributed by atoms with van der Waals surface area (Å²) in [6.07, 6.45) is 16.8. The molecule has 1 aromatic carbocycles. The van der Waals surface area contributed by atoms with Crippen molar-refractivity contribution < 1.29 is 13.9 Å². The molecule has 0 bridgehead atoms. The van der Waals surface area contributed by atoms with Crippen molar-refractivity contribution in [3.8, 4) is 5.75 Å². The van der Waals surface area contributed by atoms with E-state index in [1.165, 1.54) is 57.1 Å². The van der Waals surface area contributed by atoms with Gasteiger partial charge in [-0.05, 0) is 74.3 Å². The summed E-state index contributed by atoms with van der Waals surface area (Å²) in [5.41, 5.74) is 2.01. The molecule has 1 aliphatic carbocycles. The van der Waals surface area contributed by atoms with Gasteiger partial charge in [0.15, 0.2) is 0 Å². The molecule has 1 saturated carbocycles. The van der Waals surface area contributed by atoms with E-state index in [0.29, 0.717) is 5.75 Å². The average Bonchev–Trinajstić information content (AvgIpc) is 2.82. The van der Waals surface area contributed by atoms with Crippen LogP contribution in [0.2, 0.25) is 0 Å². The Hall–Kier alpha value is -2.23. The highest BCUT2D eigenvalue weighted by Gasteiger charge is 2.27. The first-order valence-electron chi connectivity index (χ1n) is 12.5. The van der Waals surface area contributed by atoms with E-state index in [0.717, 1.165) is 55.7 Å². The fourth-order valence-corrected chi connectivity index (χ4v) is 4.64.